The first-order chi connectivity index (χ1) is 15.6. The molecule has 0 radical (unpaired) electrons. The van der Waals surface area contributed by atoms with Crippen molar-refractivity contribution in [1.82, 2.24) is 15.5 Å². The fourth-order valence-electron chi connectivity index (χ4n) is 4.32. The van der Waals surface area contributed by atoms with Crippen LogP contribution in [0.1, 0.15) is 49.4 Å². The maximum Gasteiger partial charge on any atom is 0.222 e. The molecule has 5 nitrogen and oxygen atoms in total. The van der Waals surface area contributed by atoms with Crippen LogP contribution in [0.15, 0.2) is 71.7 Å². The van der Waals surface area contributed by atoms with Gasteiger partial charge in [0.1, 0.15) is 0 Å². The fraction of sp³-hybridized carbons (Fsp3) is 0.333. The average Bonchev–Trinajstić information content (AvgIpc) is 3.21. The molecule has 1 atom stereocenters. The van der Waals surface area contributed by atoms with Gasteiger partial charge < -0.3 is 15.5 Å². The number of carbonyl (C=O) groups is 1. The second-order valence-electron chi connectivity index (χ2n) is 8.37. The lowest BCUT2D eigenvalue weighted by molar-refractivity contribution is -0.128. The predicted molar refractivity (Wildman–Crippen MR) is 131 cm³/mol. The average molecular weight is 429 g/mol. The van der Waals surface area contributed by atoms with E-state index in [1.807, 2.05) is 4.90 Å². The summed E-state index contributed by atoms with van der Waals surface area (Å²) in [5.74, 6) is 1.06. The molecular weight excluding hydrogens is 396 g/mol. The molecule has 4 rings (SSSR count). The molecule has 1 aliphatic heterocycles. The Morgan fingerprint density at radius 3 is 2.66 bits per heavy atom. The number of nitrogens with zero attached hydrogens (tertiary/aromatic N) is 2. The van der Waals surface area contributed by atoms with Gasteiger partial charge in [0.15, 0.2) is 5.96 Å². The lowest BCUT2D eigenvalue weighted by Gasteiger charge is -2.20. The Morgan fingerprint density at radius 1 is 1.06 bits per heavy atom. The molecular formula is C27H32N4O. The molecule has 0 bridgehead atoms. The van der Waals surface area contributed by atoms with Gasteiger partial charge >= 0.3 is 0 Å². The van der Waals surface area contributed by atoms with E-state index in [2.05, 4.69) is 91.2 Å². The lowest BCUT2D eigenvalue weighted by atomic mass is 10.00. The van der Waals surface area contributed by atoms with E-state index in [0.29, 0.717) is 19.5 Å². The minimum absolute atomic E-state index is 0.117. The number of fused-ring (bicyclic) bond motifs is 1. The minimum atomic E-state index is 0.117. The summed E-state index contributed by atoms with van der Waals surface area (Å²) in [6.07, 6.45) is 1.64. The molecule has 3 aromatic carbocycles. The van der Waals surface area contributed by atoms with Crippen LogP contribution < -0.4 is 10.6 Å². The molecule has 1 aliphatic rings. The van der Waals surface area contributed by atoms with E-state index in [9.17, 15) is 4.79 Å². The number of benzene rings is 3. The van der Waals surface area contributed by atoms with Gasteiger partial charge in [-0.2, -0.15) is 0 Å². The van der Waals surface area contributed by atoms with E-state index in [-0.39, 0.29) is 11.9 Å². The van der Waals surface area contributed by atoms with Crippen molar-refractivity contribution in [2.75, 3.05) is 13.1 Å². The van der Waals surface area contributed by atoms with Crippen LogP contribution in [0.5, 0.6) is 0 Å². The highest BCUT2D eigenvalue weighted by atomic mass is 16.2. The van der Waals surface area contributed by atoms with Gasteiger partial charge in [-0.05, 0) is 47.7 Å². The number of aliphatic imine (C=N–C) groups is 1. The van der Waals surface area contributed by atoms with Crippen LogP contribution in [0.2, 0.25) is 0 Å². The van der Waals surface area contributed by atoms with Crippen molar-refractivity contribution in [2.45, 2.75) is 45.8 Å². The molecule has 1 saturated heterocycles. The molecule has 166 valence electrons. The quantitative estimate of drug-likeness (QED) is 0.421. The lowest BCUT2D eigenvalue weighted by Crippen LogP contribution is -2.38. The normalized spacial score (nSPS) is 15.2. The molecule has 1 unspecified atom stereocenters. The number of hydrogen-bond acceptors (Lipinski definition) is 2. The Morgan fingerprint density at radius 2 is 1.84 bits per heavy atom. The SMILES string of the molecule is CCNC(=NCc1cccc(CN2CCCC2=O)c1)NC(C)c1cccc2ccccc12. The summed E-state index contributed by atoms with van der Waals surface area (Å²) in [5.41, 5.74) is 3.56. The molecule has 0 spiro atoms. The highest BCUT2D eigenvalue weighted by Crippen LogP contribution is 2.24. The second-order valence-corrected chi connectivity index (χ2v) is 8.37. The maximum absolute atomic E-state index is 11.9. The summed E-state index contributed by atoms with van der Waals surface area (Å²) in [4.78, 5) is 18.7. The first kappa shape index (κ1) is 21.9. The molecule has 0 aromatic heterocycles. The van der Waals surface area contributed by atoms with E-state index >= 15 is 0 Å². The van der Waals surface area contributed by atoms with Gasteiger partial charge in [0.05, 0.1) is 12.6 Å². The van der Waals surface area contributed by atoms with E-state index in [1.54, 1.807) is 0 Å². The number of guanidine groups is 1. The van der Waals surface area contributed by atoms with Gasteiger partial charge in [0.25, 0.3) is 0 Å². The topological polar surface area (TPSA) is 56.7 Å². The third kappa shape index (κ3) is 5.28. The number of rotatable bonds is 7. The van der Waals surface area contributed by atoms with E-state index in [4.69, 9.17) is 4.99 Å². The van der Waals surface area contributed by atoms with Gasteiger partial charge in [-0.3, -0.25) is 4.79 Å². The van der Waals surface area contributed by atoms with Crippen LogP contribution >= 0.6 is 0 Å². The highest BCUT2D eigenvalue weighted by Gasteiger charge is 2.20. The summed E-state index contributed by atoms with van der Waals surface area (Å²) < 4.78 is 0. The van der Waals surface area contributed by atoms with Gasteiger partial charge in [-0.15, -0.1) is 0 Å². The highest BCUT2D eigenvalue weighted by molar-refractivity contribution is 5.87. The van der Waals surface area contributed by atoms with Gasteiger partial charge in [-0.1, -0.05) is 66.7 Å². The Bertz CT molecular complexity index is 1100. The standard InChI is InChI=1S/C27H32N4O/c1-3-28-27(30-20(2)24-14-7-12-23-11-4-5-13-25(23)24)29-18-21-9-6-10-22(17-21)19-31-16-8-15-26(31)32/h4-7,9-14,17,20H,3,8,15-16,18-19H2,1-2H3,(H2,28,29,30). The molecule has 1 amide bonds. The Hall–Kier alpha value is -3.34. The Kier molecular flexibility index (Phi) is 7.05. The molecule has 0 aliphatic carbocycles. The zero-order chi connectivity index (χ0) is 22.3. The van der Waals surface area contributed by atoms with Crippen LogP contribution in [-0.4, -0.2) is 29.9 Å². The number of likely N-dealkylation sites (tertiary alicyclic amines) is 1. The van der Waals surface area contributed by atoms with Crippen molar-refractivity contribution in [3.05, 3.63) is 83.4 Å². The summed E-state index contributed by atoms with van der Waals surface area (Å²) in [6, 6.07) is 23.4. The van der Waals surface area contributed by atoms with Crippen LogP contribution in [0, 0.1) is 0 Å². The zero-order valence-corrected chi connectivity index (χ0v) is 19.0. The van der Waals surface area contributed by atoms with Crippen molar-refractivity contribution in [2.24, 2.45) is 4.99 Å². The van der Waals surface area contributed by atoms with Crippen molar-refractivity contribution < 1.29 is 4.79 Å². The molecule has 2 N–H and O–H groups in total. The number of amides is 1. The van der Waals surface area contributed by atoms with Gasteiger partial charge in [-0.25, -0.2) is 4.99 Å². The molecule has 5 heteroatoms. The smallest absolute Gasteiger partial charge is 0.222 e. The van der Waals surface area contributed by atoms with Crippen LogP contribution in [0.4, 0.5) is 0 Å². The zero-order valence-electron chi connectivity index (χ0n) is 19.0. The first-order valence-electron chi connectivity index (χ1n) is 11.5. The van der Waals surface area contributed by atoms with Crippen molar-refractivity contribution in [3.63, 3.8) is 0 Å². The summed E-state index contributed by atoms with van der Waals surface area (Å²) in [5, 5.41) is 9.43. The summed E-state index contributed by atoms with van der Waals surface area (Å²) in [7, 11) is 0. The molecule has 3 aromatic rings. The van der Waals surface area contributed by atoms with E-state index in [1.165, 1.54) is 16.3 Å². The third-order valence-corrected chi connectivity index (χ3v) is 5.94. The molecule has 0 saturated carbocycles. The van der Waals surface area contributed by atoms with Crippen molar-refractivity contribution >= 4 is 22.6 Å². The number of hydrogen-bond donors (Lipinski definition) is 2. The Balaban J connectivity index is 1.46. The maximum atomic E-state index is 11.9. The summed E-state index contributed by atoms with van der Waals surface area (Å²) in [6.45, 7) is 7.18. The fourth-order valence-corrected chi connectivity index (χ4v) is 4.32. The van der Waals surface area contributed by atoms with Gasteiger partial charge in [0, 0.05) is 26.1 Å². The van der Waals surface area contributed by atoms with Crippen LogP contribution in [-0.2, 0) is 17.9 Å². The monoisotopic (exact) mass is 428 g/mol. The van der Waals surface area contributed by atoms with Crippen LogP contribution in [0.25, 0.3) is 10.8 Å². The number of nitrogens with one attached hydrogen (secondary N) is 2. The first-order valence-corrected chi connectivity index (χ1v) is 11.5. The van der Waals surface area contributed by atoms with E-state index < -0.39 is 0 Å². The second kappa shape index (κ2) is 10.3. The molecule has 1 fully saturated rings. The largest absolute Gasteiger partial charge is 0.357 e. The van der Waals surface area contributed by atoms with Crippen molar-refractivity contribution in [1.29, 1.82) is 0 Å². The van der Waals surface area contributed by atoms with Crippen LogP contribution in [0.3, 0.4) is 0 Å². The number of carbonyl (C=O) groups excluding carboxylic acids is 1. The third-order valence-electron chi connectivity index (χ3n) is 5.94. The minimum Gasteiger partial charge on any atom is -0.357 e. The van der Waals surface area contributed by atoms with E-state index in [0.717, 1.165) is 36.6 Å². The Labute approximate surface area is 190 Å². The molecule has 1 heterocycles. The van der Waals surface area contributed by atoms with Crippen molar-refractivity contribution in [3.8, 4) is 0 Å². The summed E-state index contributed by atoms with van der Waals surface area (Å²) >= 11 is 0. The van der Waals surface area contributed by atoms with Gasteiger partial charge in [0.2, 0.25) is 5.91 Å². The molecule has 32 heavy (non-hydrogen) atoms. The predicted octanol–water partition coefficient (Wildman–Crippen LogP) is 4.78.